The molecule has 2 N–H and O–H groups in total. The Kier molecular flexibility index (Phi) is 4.75. The summed E-state index contributed by atoms with van der Waals surface area (Å²) in [5, 5.41) is 9.50. The number of carbonyl (C=O) groups excluding carboxylic acids is 1. The van der Waals surface area contributed by atoms with Crippen LogP contribution in [0.15, 0.2) is 47.1 Å². The molecule has 0 bridgehead atoms. The van der Waals surface area contributed by atoms with Gasteiger partial charge in [-0.3, -0.25) is 0 Å². The summed E-state index contributed by atoms with van der Waals surface area (Å²) in [5.41, 5.74) is 8.37. The Bertz CT molecular complexity index is 722. The van der Waals surface area contributed by atoms with Crippen LogP contribution in [0, 0.1) is 24.2 Å². The first kappa shape index (κ1) is 16.6. The third kappa shape index (κ3) is 3.07. The summed E-state index contributed by atoms with van der Waals surface area (Å²) in [5.74, 6) is -0.692. The van der Waals surface area contributed by atoms with E-state index in [-0.39, 0.29) is 17.4 Å². The van der Waals surface area contributed by atoms with Crippen LogP contribution in [0.1, 0.15) is 30.9 Å². The zero-order chi connectivity index (χ0) is 17.1. The Labute approximate surface area is 136 Å². The molecule has 0 aliphatic carbocycles. The van der Waals surface area contributed by atoms with Gasteiger partial charge in [-0.15, -0.1) is 0 Å². The number of rotatable bonds is 3. The average Bonchev–Trinajstić information content (AvgIpc) is 2.53. The van der Waals surface area contributed by atoms with Gasteiger partial charge in [-0.2, -0.15) is 5.26 Å². The standard InChI is InChI=1S/C18H20N2O3/c1-10(2)16-15(18(21)22-4)14(13(9-19)17(20)23-16)12-7-5-11(3)6-8-12/h5-8,10,14H,20H2,1-4H3. The first-order valence-electron chi connectivity index (χ1n) is 7.37. The molecule has 1 aliphatic rings. The molecule has 0 saturated carbocycles. The minimum atomic E-state index is -0.584. The molecule has 0 saturated heterocycles. The monoisotopic (exact) mass is 312 g/mol. The molecule has 0 fully saturated rings. The van der Waals surface area contributed by atoms with Crippen LogP contribution in [-0.2, 0) is 14.3 Å². The van der Waals surface area contributed by atoms with Gasteiger partial charge in [0.2, 0.25) is 5.88 Å². The second kappa shape index (κ2) is 6.57. The lowest BCUT2D eigenvalue weighted by Gasteiger charge is -2.29. The van der Waals surface area contributed by atoms with Crippen molar-refractivity contribution in [1.29, 1.82) is 5.26 Å². The summed E-state index contributed by atoms with van der Waals surface area (Å²) >= 11 is 0. The highest BCUT2D eigenvalue weighted by molar-refractivity contribution is 5.92. The van der Waals surface area contributed by atoms with Crippen molar-refractivity contribution in [2.24, 2.45) is 11.7 Å². The maximum Gasteiger partial charge on any atom is 0.338 e. The van der Waals surface area contributed by atoms with Crippen molar-refractivity contribution in [2.45, 2.75) is 26.7 Å². The number of carbonyl (C=O) groups is 1. The number of nitriles is 1. The minimum Gasteiger partial charge on any atom is -0.466 e. The molecule has 1 heterocycles. The predicted octanol–water partition coefficient (Wildman–Crippen LogP) is 2.89. The quantitative estimate of drug-likeness (QED) is 0.867. The molecule has 1 atom stereocenters. The molecule has 1 aliphatic heterocycles. The number of benzene rings is 1. The molecule has 23 heavy (non-hydrogen) atoms. The van der Waals surface area contributed by atoms with Gasteiger partial charge >= 0.3 is 5.97 Å². The first-order valence-corrected chi connectivity index (χ1v) is 7.37. The van der Waals surface area contributed by atoms with Gasteiger partial charge in [-0.1, -0.05) is 43.7 Å². The summed E-state index contributed by atoms with van der Waals surface area (Å²) in [7, 11) is 1.31. The van der Waals surface area contributed by atoms with Crippen molar-refractivity contribution >= 4 is 5.97 Å². The molecule has 0 spiro atoms. The Hall–Kier alpha value is -2.74. The number of nitrogens with two attached hydrogens (primary N) is 1. The van der Waals surface area contributed by atoms with E-state index in [0.29, 0.717) is 11.3 Å². The lowest BCUT2D eigenvalue weighted by molar-refractivity contribution is -0.136. The number of ether oxygens (including phenoxy) is 2. The maximum atomic E-state index is 12.4. The van der Waals surface area contributed by atoms with E-state index in [0.717, 1.165) is 11.1 Å². The summed E-state index contributed by atoms with van der Waals surface area (Å²) in [6, 6.07) is 9.71. The number of aryl methyl sites for hydroxylation is 1. The fraction of sp³-hybridized carbons (Fsp3) is 0.333. The molecule has 1 unspecified atom stereocenters. The third-order valence-corrected chi connectivity index (χ3v) is 3.79. The topological polar surface area (TPSA) is 85.3 Å². The van der Waals surface area contributed by atoms with Gasteiger partial charge in [0.05, 0.1) is 18.6 Å². The van der Waals surface area contributed by atoms with Crippen molar-refractivity contribution < 1.29 is 14.3 Å². The Morgan fingerprint density at radius 3 is 2.43 bits per heavy atom. The summed E-state index contributed by atoms with van der Waals surface area (Å²) in [6.45, 7) is 5.77. The van der Waals surface area contributed by atoms with Crippen molar-refractivity contribution in [3.63, 3.8) is 0 Å². The highest BCUT2D eigenvalue weighted by atomic mass is 16.5. The molecular formula is C18H20N2O3. The van der Waals surface area contributed by atoms with E-state index in [4.69, 9.17) is 15.2 Å². The van der Waals surface area contributed by atoms with E-state index in [9.17, 15) is 10.1 Å². The molecule has 5 heteroatoms. The van der Waals surface area contributed by atoms with E-state index in [1.165, 1.54) is 7.11 Å². The predicted molar refractivity (Wildman–Crippen MR) is 85.7 cm³/mol. The lowest BCUT2D eigenvalue weighted by atomic mass is 9.81. The second-order valence-corrected chi connectivity index (χ2v) is 5.76. The molecule has 0 amide bonds. The zero-order valence-corrected chi connectivity index (χ0v) is 13.7. The minimum absolute atomic E-state index is 0.0365. The highest BCUT2D eigenvalue weighted by Crippen LogP contribution is 2.41. The normalized spacial score (nSPS) is 17.8. The molecule has 1 aromatic carbocycles. The largest absolute Gasteiger partial charge is 0.466 e. The van der Waals surface area contributed by atoms with Crippen molar-refractivity contribution in [3.05, 3.63) is 58.2 Å². The number of esters is 1. The van der Waals surface area contributed by atoms with Crippen LogP contribution in [0.25, 0.3) is 0 Å². The van der Waals surface area contributed by atoms with E-state index >= 15 is 0 Å². The van der Waals surface area contributed by atoms with Crippen LogP contribution in [0.4, 0.5) is 0 Å². The fourth-order valence-corrected chi connectivity index (χ4v) is 2.63. The van der Waals surface area contributed by atoms with Crippen LogP contribution in [0.2, 0.25) is 0 Å². The smallest absolute Gasteiger partial charge is 0.338 e. The molecule has 5 nitrogen and oxygen atoms in total. The zero-order valence-electron chi connectivity index (χ0n) is 13.7. The number of allylic oxidation sites excluding steroid dienone is 2. The average molecular weight is 312 g/mol. The van der Waals surface area contributed by atoms with Crippen LogP contribution in [0.3, 0.4) is 0 Å². The number of hydrogen-bond donors (Lipinski definition) is 1. The third-order valence-electron chi connectivity index (χ3n) is 3.79. The first-order chi connectivity index (χ1) is 10.9. The van der Waals surface area contributed by atoms with Gasteiger partial charge in [0.15, 0.2) is 0 Å². The maximum absolute atomic E-state index is 12.4. The SMILES string of the molecule is COC(=O)C1=C(C(C)C)OC(N)=C(C#N)C1c1ccc(C)cc1. The van der Waals surface area contributed by atoms with E-state index in [1.807, 2.05) is 45.0 Å². The van der Waals surface area contributed by atoms with E-state index in [1.54, 1.807) is 0 Å². The highest BCUT2D eigenvalue weighted by Gasteiger charge is 2.38. The summed E-state index contributed by atoms with van der Waals surface area (Å²) in [4.78, 5) is 12.4. The molecule has 1 aromatic rings. The lowest BCUT2D eigenvalue weighted by Crippen LogP contribution is -2.27. The molecule has 0 aromatic heterocycles. The van der Waals surface area contributed by atoms with Crippen LogP contribution in [-0.4, -0.2) is 13.1 Å². The van der Waals surface area contributed by atoms with Gasteiger partial charge < -0.3 is 15.2 Å². The van der Waals surface area contributed by atoms with Crippen LogP contribution < -0.4 is 5.73 Å². The van der Waals surface area contributed by atoms with Gasteiger partial charge in [-0.25, -0.2) is 4.79 Å². The van der Waals surface area contributed by atoms with Crippen molar-refractivity contribution in [1.82, 2.24) is 0 Å². The summed E-state index contributed by atoms with van der Waals surface area (Å²) < 4.78 is 10.5. The Morgan fingerprint density at radius 1 is 1.35 bits per heavy atom. The fourth-order valence-electron chi connectivity index (χ4n) is 2.63. The van der Waals surface area contributed by atoms with Gasteiger partial charge in [0, 0.05) is 5.92 Å². The molecule has 2 rings (SSSR count). The molecule has 120 valence electrons. The number of nitrogens with zero attached hydrogens (tertiary/aromatic N) is 1. The van der Waals surface area contributed by atoms with Crippen LogP contribution >= 0.6 is 0 Å². The second-order valence-electron chi connectivity index (χ2n) is 5.76. The van der Waals surface area contributed by atoms with Gasteiger partial charge in [-0.05, 0) is 12.5 Å². The van der Waals surface area contributed by atoms with Crippen molar-refractivity contribution in [3.8, 4) is 6.07 Å². The number of hydrogen-bond acceptors (Lipinski definition) is 5. The van der Waals surface area contributed by atoms with E-state index in [2.05, 4.69) is 6.07 Å². The van der Waals surface area contributed by atoms with Gasteiger partial charge in [0.25, 0.3) is 0 Å². The van der Waals surface area contributed by atoms with Crippen molar-refractivity contribution in [2.75, 3.05) is 7.11 Å². The molecule has 0 radical (unpaired) electrons. The Balaban J connectivity index is 2.71. The summed E-state index contributed by atoms with van der Waals surface area (Å²) in [6.07, 6.45) is 0. The van der Waals surface area contributed by atoms with E-state index < -0.39 is 11.9 Å². The molecular weight excluding hydrogens is 292 g/mol. The van der Waals surface area contributed by atoms with Gasteiger partial charge in [0.1, 0.15) is 17.4 Å². The number of methoxy groups -OCH3 is 1. The van der Waals surface area contributed by atoms with Crippen LogP contribution in [0.5, 0.6) is 0 Å². The Morgan fingerprint density at radius 2 is 1.96 bits per heavy atom.